The van der Waals surface area contributed by atoms with E-state index in [1.165, 1.54) is 11.1 Å². The Hall–Kier alpha value is -2.87. The summed E-state index contributed by atoms with van der Waals surface area (Å²) in [4.78, 5) is 4.54. The van der Waals surface area contributed by atoms with Gasteiger partial charge in [0.05, 0.1) is 11.0 Å². The Morgan fingerprint density at radius 1 is 0.667 bits per heavy atom. The highest BCUT2D eigenvalue weighted by Crippen LogP contribution is 2.25. The zero-order valence-corrected chi connectivity index (χ0v) is 11.5. The fraction of sp³-hybridized carbons (Fsp3) is 0. The van der Waals surface area contributed by atoms with Crippen LogP contribution in [0.2, 0.25) is 0 Å². The molecule has 0 saturated carbocycles. The summed E-state index contributed by atoms with van der Waals surface area (Å²) >= 11 is 0. The Labute approximate surface area is 123 Å². The standard InChI is InChI=1S/C19H14N2/c1-3-7-15(8-4-1)16-11-12-19-18(13-16)20-14-21(19)17-9-5-2-6-10-17/h1-14H. The van der Waals surface area contributed by atoms with E-state index < -0.39 is 0 Å². The monoisotopic (exact) mass is 270 g/mol. The number of nitrogens with zero attached hydrogens (tertiary/aromatic N) is 2. The van der Waals surface area contributed by atoms with Gasteiger partial charge in [0.2, 0.25) is 0 Å². The molecule has 4 aromatic rings. The van der Waals surface area contributed by atoms with E-state index in [1.54, 1.807) is 0 Å². The number of benzene rings is 3. The van der Waals surface area contributed by atoms with Crippen molar-refractivity contribution in [3.63, 3.8) is 0 Å². The molecule has 21 heavy (non-hydrogen) atoms. The molecule has 2 heteroatoms. The molecule has 0 radical (unpaired) electrons. The molecule has 0 N–H and O–H groups in total. The third-order valence-electron chi connectivity index (χ3n) is 3.69. The second-order valence-electron chi connectivity index (χ2n) is 5.02. The van der Waals surface area contributed by atoms with Gasteiger partial charge in [0, 0.05) is 5.69 Å². The molecule has 4 rings (SSSR count). The van der Waals surface area contributed by atoms with Crippen LogP contribution in [-0.4, -0.2) is 9.55 Å². The number of aromatic nitrogens is 2. The van der Waals surface area contributed by atoms with Crippen LogP contribution in [0.25, 0.3) is 27.8 Å². The lowest BCUT2D eigenvalue weighted by molar-refractivity contribution is 1.09. The van der Waals surface area contributed by atoms with Crippen LogP contribution in [-0.2, 0) is 0 Å². The van der Waals surface area contributed by atoms with Gasteiger partial charge in [0.1, 0.15) is 6.33 Å². The smallest absolute Gasteiger partial charge is 0.100 e. The van der Waals surface area contributed by atoms with Crippen molar-refractivity contribution in [3.05, 3.63) is 85.2 Å². The molecule has 0 aliphatic heterocycles. The van der Waals surface area contributed by atoms with E-state index in [4.69, 9.17) is 0 Å². The summed E-state index contributed by atoms with van der Waals surface area (Å²) in [6.45, 7) is 0. The van der Waals surface area contributed by atoms with Gasteiger partial charge in [0.25, 0.3) is 0 Å². The maximum absolute atomic E-state index is 4.54. The largest absolute Gasteiger partial charge is 0.299 e. The van der Waals surface area contributed by atoms with E-state index in [1.807, 2.05) is 30.6 Å². The van der Waals surface area contributed by atoms with Crippen LogP contribution in [0.5, 0.6) is 0 Å². The molecule has 0 unspecified atom stereocenters. The minimum atomic E-state index is 1.01. The predicted octanol–water partition coefficient (Wildman–Crippen LogP) is 4.69. The van der Waals surface area contributed by atoms with Gasteiger partial charge in [-0.05, 0) is 35.4 Å². The summed E-state index contributed by atoms with van der Waals surface area (Å²) in [5.41, 5.74) is 5.68. The van der Waals surface area contributed by atoms with Gasteiger partial charge in [-0.1, -0.05) is 54.6 Å². The van der Waals surface area contributed by atoms with Crippen LogP contribution < -0.4 is 0 Å². The van der Waals surface area contributed by atoms with Crippen molar-refractivity contribution in [2.24, 2.45) is 0 Å². The molecule has 0 atom stereocenters. The van der Waals surface area contributed by atoms with Crippen LogP contribution in [0.15, 0.2) is 85.2 Å². The molecule has 0 fully saturated rings. The summed E-state index contributed by atoms with van der Waals surface area (Å²) in [5, 5.41) is 0. The van der Waals surface area contributed by atoms with Gasteiger partial charge >= 0.3 is 0 Å². The summed E-state index contributed by atoms with van der Waals surface area (Å²) in [5.74, 6) is 0. The molecule has 2 nitrogen and oxygen atoms in total. The van der Waals surface area contributed by atoms with E-state index in [2.05, 4.69) is 64.1 Å². The van der Waals surface area contributed by atoms with Gasteiger partial charge in [-0.2, -0.15) is 0 Å². The van der Waals surface area contributed by atoms with Gasteiger partial charge in [-0.3, -0.25) is 4.57 Å². The van der Waals surface area contributed by atoms with Gasteiger partial charge in [-0.15, -0.1) is 0 Å². The molecule has 0 bridgehead atoms. The zero-order chi connectivity index (χ0) is 14.1. The van der Waals surface area contributed by atoms with Gasteiger partial charge in [0.15, 0.2) is 0 Å². The molecule has 0 aliphatic rings. The lowest BCUT2D eigenvalue weighted by atomic mass is 10.1. The minimum absolute atomic E-state index is 1.01. The normalized spacial score (nSPS) is 10.9. The van der Waals surface area contributed by atoms with E-state index in [9.17, 15) is 0 Å². The topological polar surface area (TPSA) is 17.8 Å². The summed E-state index contributed by atoms with van der Waals surface area (Å²) in [6.07, 6.45) is 1.88. The third-order valence-corrected chi connectivity index (χ3v) is 3.69. The highest BCUT2D eigenvalue weighted by atomic mass is 15.0. The summed E-state index contributed by atoms with van der Waals surface area (Å²) in [7, 11) is 0. The van der Waals surface area contributed by atoms with Crippen molar-refractivity contribution in [1.29, 1.82) is 0 Å². The Kier molecular flexibility index (Phi) is 2.79. The number of hydrogen-bond donors (Lipinski definition) is 0. The highest BCUT2D eigenvalue weighted by Gasteiger charge is 2.06. The van der Waals surface area contributed by atoms with E-state index in [0.717, 1.165) is 16.7 Å². The van der Waals surface area contributed by atoms with Crippen LogP contribution >= 0.6 is 0 Å². The summed E-state index contributed by atoms with van der Waals surface area (Å²) in [6, 6.07) is 27.1. The van der Waals surface area contributed by atoms with Crippen LogP contribution in [0.1, 0.15) is 0 Å². The first-order chi connectivity index (χ1) is 10.4. The van der Waals surface area contributed by atoms with Gasteiger partial charge in [-0.25, -0.2) is 4.98 Å². The van der Waals surface area contributed by atoms with Gasteiger partial charge < -0.3 is 0 Å². The molecule has 1 heterocycles. The summed E-state index contributed by atoms with van der Waals surface area (Å²) < 4.78 is 2.12. The Bertz CT molecular complexity index is 877. The molecule has 100 valence electrons. The van der Waals surface area contributed by atoms with Crippen LogP contribution in [0.4, 0.5) is 0 Å². The van der Waals surface area contributed by atoms with Crippen LogP contribution in [0, 0.1) is 0 Å². The maximum atomic E-state index is 4.54. The third kappa shape index (κ3) is 2.11. The first-order valence-electron chi connectivity index (χ1n) is 7.00. The minimum Gasteiger partial charge on any atom is -0.299 e. The fourth-order valence-corrected chi connectivity index (χ4v) is 2.62. The lowest BCUT2D eigenvalue weighted by Crippen LogP contribution is -1.90. The van der Waals surface area contributed by atoms with Crippen molar-refractivity contribution in [2.45, 2.75) is 0 Å². The molecular weight excluding hydrogens is 256 g/mol. The maximum Gasteiger partial charge on any atom is 0.100 e. The van der Waals surface area contributed by atoms with Crippen molar-refractivity contribution < 1.29 is 0 Å². The average Bonchev–Trinajstić information content (AvgIpc) is 2.99. The molecular formula is C19H14N2. The quantitative estimate of drug-likeness (QED) is 0.516. The molecule has 0 amide bonds. The van der Waals surface area contributed by atoms with Crippen molar-refractivity contribution in [2.75, 3.05) is 0 Å². The number of imidazole rings is 1. The lowest BCUT2D eigenvalue weighted by Gasteiger charge is -2.05. The van der Waals surface area contributed by atoms with Crippen LogP contribution in [0.3, 0.4) is 0 Å². The van der Waals surface area contributed by atoms with E-state index in [0.29, 0.717) is 0 Å². The Balaban J connectivity index is 1.85. The number of hydrogen-bond acceptors (Lipinski definition) is 1. The SMILES string of the molecule is c1ccc(-c2ccc3c(c2)ncn3-c2ccccc2)cc1. The Morgan fingerprint density at radius 3 is 2.14 bits per heavy atom. The molecule has 3 aromatic carbocycles. The fourth-order valence-electron chi connectivity index (χ4n) is 2.62. The van der Waals surface area contributed by atoms with Crippen molar-refractivity contribution >= 4 is 11.0 Å². The predicted molar refractivity (Wildman–Crippen MR) is 86.5 cm³/mol. The zero-order valence-electron chi connectivity index (χ0n) is 11.5. The number of rotatable bonds is 2. The second-order valence-corrected chi connectivity index (χ2v) is 5.02. The first kappa shape index (κ1) is 11.9. The Morgan fingerprint density at radius 2 is 1.38 bits per heavy atom. The second kappa shape index (κ2) is 4.91. The first-order valence-corrected chi connectivity index (χ1v) is 7.00. The average molecular weight is 270 g/mol. The van der Waals surface area contributed by atoms with E-state index in [-0.39, 0.29) is 0 Å². The number of fused-ring (bicyclic) bond motifs is 1. The molecule has 0 saturated heterocycles. The molecule has 0 aliphatic carbocycles. The number of para-hydroxylation sites is 1. The molecule has 1 aromatic heterocycles. The van der Waals surface area contributed by atoms with Crippen molar-refractivity contribution in [3.8, 4) is 16.8 Å². The van der Waals surface area contributed by atoms with Crippen molar-refractivity contribution in [1.82, 2.24) is 9.55 Å². The molecule has 0 spiro atoms. The van der Waals surface area contributed by atoms with E-state index >= 15 is 0 Å². The highest BCUT2D eigenvalue weighted by molar-refractivity contribution is 5.83.